The molecular weight excluding hydrogens is 292 g/mol. The van der Waals surface area contributed by atoms with Crippen LogP contribution in [0.4, 0.5) is 0 Å². The van der Waals surface area contributed by atoms with Gasteiger partial charge in [0.05, 0.1) is 0 Å². The van der Waals surface area contributed by atoms with Gasteiger partial charge in [-0.05, 0) is 43.2 Å². The van der Waals surface area contributed by atoms with Gasteiger partial charge in [-0.3, -0.25) is 19.6 Å². The van der Waals surface area contributed by atoms with Crippen LogP contribution in [0.5, 0.6) is 0 Å². The molecule has 2 rings (SSSR count). The lowest BCUT2D eigenvalue weighted by Gasteiger charge is -2.11. The molecule has 0 spiro atoms. The number of amides is 2. The third-order valence-corrected chi connectivity index (χ3v) is 3.45. The Bertz CT molecular complexity index is 673. The Balaban J connectivity index is 2.01. The normalized spacial score (nSPS) is 11.6. The molecule has 1 unspecified atom stereocenters. The van der Waals surface area contributed by atoms with Gasteiger partial charge in [-0.25, -0.2) is 0 Å². The number of nitrogens with zero attached hydrogens (tertiary/aromatic N) is 2. The van der Waals surface area contributed by atoms with E-state index in [1.165, 1.54) is 12.3 Å². The molecule has 2 N–H and O–H groups in total. The molecule has 2 aromatic heterocycles. The third kappa shape index (κ3) is 4.88. The lowest BCUT2D eigenvalue weighted by atomic mass is 10.2. The van der Waals surface area contributed by atoms with E-state index in [0.717, 1.165) is 12.0 Å². The lowest BCUT2D eigenvalue weighted by Crippen LogP contribution is -2.32. The predicted octanol–water partition coefficient (Wildman–Crippen LogP) is 1.93. The van der Waals surface area contributed by atoms with E-state index in [1.807, 2.05) is 26.0 Å². The average molecular weight is 312 g/mol. The van der Waals surface area contributed by atoms with E-state index < -0.39 is 0 Å². The maximum absolute atomic E-state index is 12.2. The summed E-state index contributed by atoms with van der Waals surface area (Å²) in [6, 6.07) is 6.81. The second-order valence-corrected chi connectivity index (χ2v) is 5.25. The van der Waals surface area contributed by atoms with Crippen LogP contribution in [0, 0.1) is 0 Å². The topological polar surface area (TPSA) is 84.0 Å². The Morgan fingerprint density at radius 2 is 1.87 bits per heavy atom. The van der Waals surface area contributed by atoms with Crippen molar-refractivity contribution >= 4 is 11.8 Å². The summed E-state index contributed by atoms with van der Waals surface area (Å²) in [7, 11) is 0. The molecule has 23 heavy (non-hydrogen) atoms. The third-order valence-electron chi connectivity index (χ3n) is 3.45. The molecule has 0 fully saturated rings. The standard InChI is InChI=1S/C17H20N4O2/c1-3-12(2)21-17(23)15-10-14(6-9-19-15)16(22)20-11-13-4-7-18-8-5-13/h4-10,12H,3,11H2,1-2H3,(H,20,22)(H,21,23). The molecule has 2 heterocycles. The minimum Gasteiger partial charge on any atom is -0.348 e. The first-order chi connectivity index (χ1) is 11.1. The molecular formula is C17H20N4O2. The summed E-state index contributed by atoms with van der Waals surface area (Å²) < 4.78 is 0. The quantitative estimate of drug-likeness (QED) is 0.853. The van der Waals surface area contributed by atoms with Crippen LogP contribution in [-0.2, 0) is 6.54 Å². The molecule has 0 saturated heterocycles. The van der Waals surface area contributed by atoms with Crippen molar-refractivity contribution in [1.29, 1.82) is 0 Å². The molecule has 2 amide bonds. The lowest BCUT2D eigenvalue weighted by molar-refractivity contribution is 0.0934. The molecule has 0 radical (unpaired) electrons. The van der Waals surface area contributed by atoms with E-state index in [1.54, 1.807) is 18.5 Å². The Kier molecular flexibility index (Phi) is 5.80. The minimum atomic E-state index is -0.275. The molecule has 0 aliphatic rings. The first-order valence-electron chi connectivity index (χ1n) is 7.54. The largest absolute Gasteiger partial charge is 0.348 e. The smallest absolute Gasteiger partial charge is 0.270 e. The maximum Gasteiger partial charge on any atom is 0.270 e. The van der Waals surface area contributed by atoms with Crippen molar-refractivity contribution < 1.29 is 9.59 Å². The van der Waals surface area contributed by atoms with E-state index in [4.69, 9.17) is 0 Å². The second-order valence-electron chi connectivity index (χ2n) is 5.25. The number of rotatable bonds is 6. The number of hydrogen-bond acceptors (Lipinski definition) is 4. The number of carbonyl (C=O) groups is 2. The van der Waals surface area contributed by atoms with Gasteiger partial charge in [0.1, 0.15) is 5.69 Å². The molecule has 0 saturated carbocycles. The van der Waals surface area contributed by atoms with Crippen molar-refractivity contribution in [3.63, 3.8) is 0 Å². The van der Waals surface area contributed by atoms with Gasteiger partial charge in [-0.15, -0.1) is 0 Å². The highest BCUT2D eigenvalue weighted by atomic mass is 16.2. The van der Waals surface area contributed by atoms with Gasteiger partial charge in [-0.1, -0.05) is 6.92 Å². The Morgan fingerprint density at radius 1 is 1.13 bits per heavy atom. The van der Waals surface area contributed by atoms with E-state index in [2.05, 4.69) is 20.6 Å². The molecule has 0 aliphatic heterocycles. The van der Waals surface area contributed by atoms with Crippen LogP contribution in [-0.4, -0.2) is 27.8 Å². The summed E-state index contributed by atoms with van der Waals surface area (Å²) in [4.78, 5) is 32.2. The minimum absolute atomic E-state index is 0.0634. The molecule has 120 valence electrons. The molecule has 2 aromatic rings. The van der Waals surface area contributed by atoms with Crippen LogP contribution in [0.15, 0.2) is 42.9 Å². The molecule has 1 atom stereocenters. The highest BCUT2D eigenvalue weighted by Crippen LogP contribution is 2.04. The fourth-order valence-electron chi connectivity index (χ4n) is 1.88. The molecule has 0 bridgehead atoms. The SMILES string of the molecule is CCC(C)NC(=O)c1cc(C(=O)NCc2ccncc2)ccn1. The van der Waals surface area contributed by atoms with E-state index >= 15 is 0 Å². The van der Waals surface area contributed by atoms with Gasteiger partial charge in [0.2, 0.25) is 0 Å². The van der Waals surface area contributed by atoms with Crippen molar-refractivity contribution in [2.45, 2.75) is 32.9 Å². The Labute approximate surface area is 135 Å². The van der Waals surface area contributed by atoms with Gasteiger partial charge in [0, 0.05) is 36.7 Å². The molecule has 6 nitrogen and oxygen atoms in total. The van der Waals surface area contributed by atoms with Gasteiger partial charge in [-0.2, -0.15) is 0 Å². The second kappa shape index (κ2) is 8.03. The highest BCUT2D eigenvalue weighted by molar-refractivity contribution is 5.98. The van der Waals surface area contributed by atoms with Crippen molar-refractivity contribution in [1.82, 2.24) is 20.6 Å². The zero-order valence-corrected chi connectivity index (χ0v) is 13.2. The van der Waals surface area contributed by atoms with E-state index in [-0.39, 0.29) is 23.6 Å². The number of carbonyl (C=O) groups excluding carboxylic acids is 2. The first-order valence-corrected chi connectivity index (χ1v) is 7.54. The van der Waals surface area contributed by atoms with Gasteiger partial charge < -0.3 is 10.6 Å². The van der Waals surface area contributed by atoms with Gasteiger partial charge in [0.15, 0.2) is 0 Å². The Hall–Kier alpha value is -2.76. The van der Waals surface area contributed by atoms with Crippen LogP contribution in [0.25, 0.3) is 0 Å². The average Bonchev–Trinajstić information content (AvgIpc) is 2.60. The molecule has 0 aromatic carbocycles. The number of hydrogen-bond donors (Lipinski definition) is 2. The van der Waals surface area contributed by atoms with Gasteiger partial charge in [0.25, 0.3) is 11.8 Å². The predicted molar refractivity (Wildman–Crippen MR) is 86.9 cm³/mol. The zero-order valence-electron chi connectivity index (χ0n) is 13.2. The highest BCUT2D eigenvalue weighted by Gasteiger charge is 2.13. The fraction of sp³-hybridized carbons (Fsp3) is 0.294. The summed E-state index contributed by atoms with van der Waals surface area (Å²) >= 11 is 0. The van der Waals surface area contributed by atoms with Crippen LogP contribution in [0.1, 0.15) is 46.7 Å². The number of pyridine rings is 2. The number of aromatic nitrogens is 2. The maximum atomic E-state index is 12.2. The summed E-state index contributed by atoms with van der Waals surface area (Å²) in [5, 5.41) is 5.64. The van der Waals surface area contributed by atoms with Crippen LogP contribution in [0.2, 0.25) is 0 Å². The van der Waals surface area contributed by atoms with Crippen molar-refractivity contribution in [3.05, 3.63) is 59.7 Å². The first kappa shape index (κ1) is 16.6. The van der Waals surface area contributed by atoms with Crippen LogP contribution in [0.3, 0.4) is 0 Å². The van der Waals surface area contributed by atoms with Crippen LogP contribution < -0.4 is 10.6 Å². The molecule has 0 aliphatic carbocycles. The van der Waals surface area contributed by atoms with Crippen molar-refractivity contribution in [2.75, 3.05) is 0 Å². The summed E-state index contributed by atoms with van der Waals surface area (Å²) in [5.74, 6) is -0.523. The number of nitrogens with one attached hydrogen (secondary N) is 2. The van der Waals surface area contributed by atoms with E-state index in [0.29, 0.717) is 12.1 Å². The van der Waals surface area contributed by atoms with Crippen molar-refractivity contribution in [2.24, 2.45) is 0 Å². The van der Waals surface area contributed by atoms with Crippen molar-refractivity contribution in [3.8, 4) is 0 Å². The molecule has 6 heteroatoms. The summed E-state index contributed by atoms with van der Waals surface area (Å²) in [6.45, 7) is 4.31. The summed E-state index contributed by atoms with van der Waals surface area (Å²) in [6.07, 6.45) is 5.64. The fourth-order valence-corrected chi connectivity index (χ4v) is 1.88. The van der Waals surface area contributed by atoms with Crippen LogP contribution >= 0.6 is 0 Å². The monoisotopic (exact) mass is 312 g/mol. The van der Waals surface area contributed by atoms with E-state index in [9.17, 15) is 9.59 Å². The Morgan fingerprint density at radius 3 is 2.57 bits per heavy atom. The summed E-state index contributed by atoms with van der Waals surface area (Å²) in [5.41, 5.74) is 1.60. The zero-order chi connectivity index (χ0) is 16.7. The van der Waals surface area contributed by atoms with Gasteiger partial charge >= 0.3 is 0 Å².